The molecule has 118 valence electrons. The first kappa shape index (κ1) is 16.7. The van der Waals surface area contributed by atoms with Gasteiger partial charge < -0.3 is 0 Å². The van der Waals surface area contributed by atoms with E-state index < -0.39 is 17.7 Å². The molecule has 2 aromatic rings. The number of hydrogen-bond acceptors (Lipinski definition) is 1. The van der Waals surface area contributed by atoms with Gasteiger partial charge in [0.15, 0.2) is 0 Å². The van der Waals surface area contributed by atoms with Gasteiger partial charge in [0.2, 0.25) is 0 Å². The van der Waals surface area contributed by atoms with Crippen LogP contribution < -0.4 is 0 Å². The van der Waals surface area contributed by atoms with E-state index >= 15 is 0 Å². The number of alkyl halides is 5. The predicted octanol–water partition coefficient (Wildman–Crippen LogP) is 5.84. The number of hydrogen-bond donors (Lipinski definition) is 0. The fourth-order valence-electron chi connectivity index (χ4n) is 1.98. The molecular weight excluding hydrogens is 325 g/mol. The second-order valence-electron chi connectivity index (χ2n) is 5.03. The molecule has 0 atom stereocenters. The summed E-state index contributed by atoms with van der Waals surface area (Å²) in [7, 11) is 0. The molecule has 1 nitrogen and oxygen atoms in total. The van der Waals surface area contributed by atoms with Crippen LogP contribution in [0.25, 0.3) is 11.3 Å². The largest absolute Gasteiger partial charge is 0.417 e. The van der Waals surface area contributed by atoms with Gasteiger partial charge in [-0.1, -0.05) is 17.7 Å². The summed E-state index contributed by atoms with van der Waals surface area (Å²) in [5.41, 5.74) is -0.430. The van der Waals surface area contributed by atoms with Crippen LogP contribution in [0.3, 0.4) is 0 Å². The summed E-state index contributed by atoms with van der Waals surface area (Å²) < 4.78 is 64.7. The fraction of sp³-hybridized carbons (Fsp3) is 0.267. The zero-order valence-electron chi connectivity index (χ0n) is 11.6. The van der Waals surface area contributed by atoms with Crippen molar-refractivity contribution < 1.29 is 22.0 Å². The molecule has 0 saturated carbocycles. The molecule has 0 aliphatic carbocycles. The van der Waals surface area contributed by atoms with Gasteiger partial charge in [-0.3, -0.25) is 4.98 Å². The number of aromatic nitrogens is 1. The summed E-state index contributed by atoms with van der Waals surface area (Å²) in [6.45, 7) is 2.35. The highest BCUT2D eigenvalue weighted by atomic mass is 35.5. The summed E-state index contributed by atoms with van der Waals surface area (Å²) in [6.07, 6.45) is -3.93. The van der Waals surface area contributed by atoms with Crippen LogP contribution in [0.15, 0.2) is 30.5 Å². The fourth-order valence-corrected chi connectivity index (χ4v) is 2.25. The van der Waals surface area contributed by atoms with Crippen LogP contribution in [0.2, 0.25) is 5.02 Å². The molecule has 0 fully saturated rings. The average molecular weight is 336 g/mol. The smallest absolute Gasteiger partial charge is 0.254 e. The minimum Gasteiger partial charge on any atom is -0.254 e. The minimum atomic E-state index is -4.57. The minimum absolute atomic E-state index is 0.0314. The third kappa shape index (κ3) is 3.55. The molecule has 0 N–H and O–H groups in total. The second-order valence-corrected chi connectivity index (χ2v) is 5.44. The summed E-state index contributed by atoms with van der Waals surface area (Å²) >= 11 is 5.84. The number of halogens is 6. The molecule has 0 aliphatic rings. The number of nitrogens with zero attached hydrogens (tertiary/aromatic N) is 1. The second kappa shape index (κ2) is 5.50. The van der Waals surface area contributed by atoms with E-state index in [1.807, 2.05) is 0 Å². The maximum atomic E-state index is 13.4. The highest BCUT2D eigenvalue weighted by Gasteiger charge is 2.32. The monoisotopic (exact) mass is 335 g/mol. The van der Waals surface area contributed by atoms with Crippen LogP contribution in [-0.2, 0) is 12.1 Å². The van der Waals surface area contributed by atoms with Crippen LogP contribution in [0.4, 0.5) is 22.0 Å². The lowest BCUT2D eigenvalue weighted by atomic mass is 10.0. The molecule has 1 aromatic carbocycles. The summed E-state index contributed by atoms with van der Waals surface area (Å²) in [5, 5.41) is -0.245. The summed E-state index contributed by atoms with van der Waals surface area (Å²) in [6, 6.07) is 4.75. The van der Waals surface area contributed by atoms with Crippen LogP contribution in [0.1, 0.15) is 23.6 Å². The quantitative estimate of drug-likeness (QED) is 0.628. The van der Waals surface area contributed by atoms with Crippen molar-refractivity contribution >= 4 is 11.6 Å². The lowest BCUT2D eigenvalue weighted by molar-refractivity contribution is -0.137. The molecule has 0 spiro atoms. The Morgan fingerprint density at radius 1 is 0.955 bits per heavy atom. The third-order valence-electron chi connectivity index (χ3n) is 3.03. The van der Waals surface area contributed by atoms with Crippen LogP contribution in [0.5, 0.6) is 0 Å². The standard InChI is InChI=1S/C15H11ClF5N/c1-8-3-9(5-10(4-8)14(2,17)18)13-12(16)6-11(7-22-13)15(19,20)21/h3-7H,1-2H3. The molecule has 22 heavy (non-hydrogen) atoms. The summed E-state index contributed by atoms with van der Waals surface area (Å²) in [5.74, 6) is -3.07. The normalized spacial score (nSPS) is 12.5. The van der Waals surface area contributed by atoms with E-state index in [1.54, 1.807) is 6.92 Å². The molecule has 7 heteroatoms. The molecule has 0 radical (unpaired) electrons. The van der Waals surface area contributed by atoms with E-state index in [4.69, 9.17) is 11.6 Å². The van der Waals surface area contributed by atoms with Crippen molar-refractivity contribution in [2.24, 2.45) is 0 Å². The van der Waals surface area contributed by atoms with Crippen molar-refractivity contribution in [3.05, 3.63) is 52.2 Å². The van der Waals surface area contributed by atoms with Gasteiger partial charge in [-0.05, 0) is 30.7 Å². The lowest BCUT2D eigenvalue weighted by Crippen LogP contribution is -2.08. The van der Waals surface area contributed by atoms with Gasteiger partial charge in [-0.15, -0.1) is 0 Å². The molecular formula is C15H11ClF5N. The Morgan fingerprint density at radius 3 is 2.09 bits per heavy atom. The molecule has 0 saturated heterocycles. The van der Waals surface area contributed by atoms with Crippen molar-refractivity contribution in [2.45, 2.75) is 25.9 Å². The third-order valence-corrected chi connectivity index (χ3v) is 3.31. The number of benzene rings is 1. The number of rotatable bonds is 2. The van der Waals surface area contributed by atoms with Crippen molar-refractivity contribution in [3.63, 3.8) is 0 Å². The Labute approximate surface area is 128 Å². The van der Waals surface area contributed by atoms with Crippen molar-refractivity contribution in [1.29, 1.82) is 0 Å². The Balaban J connectivity index is 2.55. The van der Waals surface area contributed by atoms with E-state index in [9.17, 15) is 22.0 Å². The van der Waals surface area contributed by atoms with Crippen LogP contribution in [0, 0.1) is 6.92 Å². The van der Waals surface area contributed by atoms with Gasteiger partial charge in [0.1, 0.15) is 0 Å². The molecule has 1 heterocycles. The van der Waals surface area contributed by atoms with E-state index in [1.165, 1.54) is 18.2 Å². The highest BCUT2D eigenvalue weighted by molar-refractivity contribution is 6.33. The molecule has 2 rings (SSSR count). The first-order chi connectivity index (χ1) is 9.98. The Kier molecular flexibility index (Phi) is 4.17. The van der Waals surface area contributed by atoms with E-state index in [-0.39, 0.29) is 21.8 Å². The van der Waals surface area contributed by atoms with E-state index in [2.05, 4.69) is 4.98 Å². The van der Waals surface area contributed by atoms with Gasteiger partial charge >= 0.3 is 6.18 Å². The van der Waals surface area contributed by atoms with Gasteiger partial charge in [0, 0.05) is 24.2 Å². The van der Waals surface area contributed by atoms with Crippen molar-refractivity contribution in [2.75, 3.05) is 0 Å². The average Bonchev–Trinajstić information content (AvgIpc) is 2.35. The van der Waals surface area contributed by atoms with Crippen molar-refractivity contribution in [3.8, 4) is 11.3 Å². The maximum absolute atomic E-state index is 13.4. The number of pyridine rings is 1. The van der Waals surface area contributed by atoms with Crippen LogP contribution >= 0.6 is 11.6 Å². The molecule has 0 amide bonds. The molecule has 0 aliphatic heterocycles. The number of aryl methyl sites for hydroxylation is 1. The topological polar surface area (TPSA) is 12.9 Å². The first-order valence-corrected chi connectivity index (χ1v) is 6.59. The Hall–Kier alpha value is -1.69. The molecule has 0 unspecified atom stereocenters. The van der Waals surface area contributed by atoms with Gasteiger partial charge in [0.25, 0.3) is 5.92 Å². The van der Waals surface area contributed by atoms with E-state index in [0.29, 0.717) is 11.8 Å². The lowest BCUT2D eigenvalue weighted by Gasteiger charge is -2.14. The van der Waals surface area contributed by atoms with E-state index in [0.717, 1.165) is 13.0 Å². The first-order valence-electron chi connectivity index (χ1n) is 6.21. The zero-order valence-corrected chi connectivity index (χ0v) is 12.4. The Morgan fingerprint density at radius 2 is 1.59 bits per heavy atom. The Bertz CT molecular complexity index is 704. The van der Waals surface area contributed by atoms with Gasteiger partial charge in [0.05, 0.1) is 16.3 Å². The van der Waals surface area contributed by atoms with Crippen molar-refractivity contribution in [1.82, 2.24) is 4.98 Å². The molecule has 1 aromatic heterocycles. The van der Waals surface area contributed by atoms with Gasteiger partial charge in [-0.25, -0.2) is 8.78 Å². The summed E-state index contributed by atoms with van der Waals surface area (Å²) in [4.78, 5) is 3.68. The predicted molar refractivity (Wildman–Crippen MR) is 74.0 cm³/mol. The molecule has 0 bridgehead atoms. The highest BCUT2D eigenvalue weighted by Crippen LogP contribution is 2.36. The van der Waals surface area contributed by atoms with Crippen LogP contribution in [-0.4, -0.2) is 4.98 Å². The zero-order chi connectivity index (χ0) is 16.7. The SMILES string of the molecule is Cc1cc(-c2ncc(C(F)(F)F)cc2Cl)cc(C(C)(F)F)c1. The maximum Gasteiger partial charge on any atom is 0.417 e. The van der Waals surface area contributed by atoms with Gasteiger partial charge in [-0.2, -0.15) is 13.2 Å².